The summed E-state index contributed by atoms with van der Waals surface area (Å²) in [6, 6.07) is 8.30. The van der Waals surface area contributed by atoms with E-state index in [1.807, 2.05) is 6.07 Å². The Morgan fingerprint density at radius 3 is 2.94 bits per heavy atom. The number of aldehydes is 1. The lowest BCUT2D eigenvalue weighted by Crippen LogP contribution is -2.52. The molecule has 18 heavy (non-hydrogen) atoms. The van der Waals surface area contributed by atoms with Gasteiger partial charge in [0, 0.05) is 11.8 Å². The van der Waals surface area contributed by atoms with E-state index in [0.29, 0.717) is 11.8 Å². The van der Waals surface area contributed by atoms with Gasteiger partial charge in [-0.1, -0.05) is 25.1 Å². The molecule has 96 valence electrons. The molecule has 0 radical (unpaired) electrons. The molecule has 0 N–H and O–H groups in total. The summed E-state index contributed by atoms with van der Waals surface area (Å²) in [6.45, 7) is 4.42. The fourth-order valence-electron chi connectivity index (χ4n) is 3.74. The maximum Gasteiger partial charge on any atom is 0.123 e. The highest BCUT2D eigenvalue weighted by molar-refractivity contribution is 5.54. The molecule has 1 heterocycles. The summed E-state index contributed by atoms with van der Waals surface area (Å²) in [5.74, 6) is 2.11. The first-order chi connectivity index (χ1) is 8.64. The third-order valence-corrected chi connectivity index (χ3v) is 5.00. The molecule has 3 rings (SSSR count). The van der Waals surface area contributed by atoms with Crippen molar-refractivity contribution in [1.82, 2.24) is 0 Å². The fraction of sp³-hybridized carbons (Fsp3) is 0.562. The van der Waals surface area contributed by atoms with Gasteiger partial charge in [-0.3, -0.25) is 0 Å². The average molecular weight is 244 g/mol. The molecule has 0 bridgehead atoms. The molecule has 0 saturated heterocycles. The number of carbonyl (C=O) groups is 1. The molecule has 4 atom stereocenters. The van der Waals surface area contributed by atoms with Gasteiger partial charge in [-0.25, -0.2) is 0 Å². The maximum absolute atomic E-state index is 11.2. The largest absolute Gasteiger partial charge is 0.487 e. The Kier molecular flexibility index (Phi) is 2.69. The van der Waals surface area contributed by atoms with Crippen LogP contribution in [0.1, 0.15) is 32.3 Å². The normalized spacial score (nSPS) is 38.2. The summed E-state index contributed by atoms with van der Waals surface area (Å²) in [4.78, 5) is 11.2. The first kappa shape index (κ1) is 11.8. The van der Waals surface area contributed by atoms with E-state index in [9.17, 15) is 4.79 Å². The van der Waals surface area contributed by atoms with Crippen LogP contribution in [0.25, 0.3) is 0 Å². The zero-order valence-corrected chi connectivity index (χ0v) is 11.1. The van der Waals surface area contributed by atoms with E-state index in [1.54, 1.807) is 0 Å². The predicted molar refractivity (Wildman–Crippen MR) is 70.6 cm³/mol. The van der Waals surface area contributed by atoms with Crippen molar-refractivity contribution in [1.29, 1.82) is 0 Å². The molecule has 1 fully saturated rings. The highest BCUT2D eigenvalue weighted by Gasteiger charge is 2.48. The van der Waals surface area contributed by atoms with Gasteiger partial charge in [-0.2, -0.15) is 0 Å². The minimum absolute atomic E-state index is 0.0900. The van der Waals surface area contributed by atoms with Crippen molar-refractivity contribution in [3.63, 3.8) is 0 Å². The number of fused-ring (bicyclic) bond motifs is 2. The van der Waals surface area contributed by atoms with E-state index in [2.05, 4.69) is 32.0 Å². The summed E-state index contributed by atoms with van der Waals surface area (Å²) in [7, 11) is 0. The van der Waals surface area contributed by atoms with Crippen LogP contribution < -0.4 is 4.74 Å². The highest BCUT2D eigenvalue weighted by atomic mass is 16.5. The zero-order chi connectivity index (χ0) is 12.8. The van der Waals surface area contributed by atoms with Gasteiger partial charge < -0.3 is 9.53 Å². The number of benzene rings is 1. The third kappa shape index (κ3) is 1.66. The van der Waals surface area contributed by atoms with Crippen LogP contribution >= 0.6 is 0 Å². The van der Waals surface area contributed by atoms with E-state index >= 15 is 0 Å². The van der Waals surface area contributed by atoms with Crippen LogP contribution in [-0.4, -0.2) is 11.9 Å². The molecule has 2 nitrogen and oxygen atoms in total. The van der Waals surface area contributed by atoms with Gasteiger partial charge in [0.1, 0.15) is 17.6 Å². The minimum Gasteiger partial charge on any atom is -0.487 e. The Labute approximate surface area is 108 Å². The van der Waals surface area contributed by atoms with E-state index in [1.165, 1.54) is 5.56 Å². The summed E-state index contributed by atoms with van der Waals surface area (Å²) >= 11 is 0. The monoisotopic (exact) mass is 244 g/mol. The summed E-state index contributed by atoms with van der Waals surface area (Å²) in [5.41, 5.74) is 1.20. The predicted octanol–water partition coefficient (Wildman–Crippen LogP) is 3.24. The van der Waals surface area contributed by atoms with Crippen LogP contribution in [0.5, 0.6) is 5.75 Å². The third-order valence-electron chi connectivity index (χ3n) is 5.00. The molecule has 0 amide bonds. The molecule has 1 saturated carbocycles. The first-order valence-electron chi connectivity index (χ1n) is 6.86. The zero-order valence-electron chi connectivity index (χ0n) is 11.1. The quantitative estimate of drug-likeness (QED) is 0.709. The molecular weight excluding hydrogens is 224 g/mol. The molecule has 0 aromatic heterocycles. The van der Waals surface area contributed by atoms with E-state index in [-0.39, 0.29) is 11.5 Å². The lowest BCUT2D eigenvalue weighted by Gasteiger charge is -2.50. The topological polar surface area (TPSA) is 26.3 Å². The van der Waals surface area contributed by atoms with E-state index < -0.39 is 0 Å². The molecule has 1 aliphatic heterocycles. The number of para-hydroxylation sites is 1. The number of hydrogen-bond donors (Lipinski definition) is 0. The lowest BCUT2D eigenvalue weighted by atomic mass is 9.63. The van der Waals surface area contributed by atoms with Gasteiger partial charge in [0.05, 0.1) is 0 Å². The second-order valence-electron chi connectivity index (χ2n) is 6.03. The van der Waals surface area contributed by atoms with Crippen molar-refractivity contribution >= 4 is 6.29 Å². The number of ether oxygens (including phenoxy) is 1. The molecule has 1 aliphatic carbocycles. The fourth-order valence-corrected chi connectivity index (χ4v) is 3.74. The van der Waals surface area contributed by atoms with Crippen molar-refractivity contribution in [2.75, 3.05) is 0 Å². The minimum atomic E-state index is -0.0900. The molecule has 0 spiro atoms. The van der Waals surface area contributed by atoms with Crippen LogP contribution in [-0.2, 0) is 11.2 Å². The summed E-state index contributed by atoms with van der Waals surface area (Å²) in [5, 5.41) is 0. The molecule has 1 aromatic rings. The van der Waals surface area contributed by atoms with Crippen molar-refractivity contribution in [2.24, 2.45) is 17.8 Å². The second-order valence-corrected chi connectivity index (χ2v) is 6.03. The van der Waals surface area contributed by atoms with Gasteiger partial charge in [0.25, 0.3) is 0 Å². The second kappa shape index (κ2) is 4.11. The first-order valence-corrected chi connectivity index (χ1v) is 6.86. The van der Waals surface area contributed by atoms with Gasteiger partial charge in [0.15, 0.2) is 0 Å². The Balaban J connectivity index is 1.96. The van der Waals surface area contributed by atoms with Crippen molar-refractivity contribution in [3.8, 4) is 5.75 Å². The molecular formula is C16H20O2. The number of hydrogen-bond acceptors (Lipinski definition) is 2. The molecule has 0 unspecified atom stereocenters. The van der Waals surface area contributed by atoms with Crippen LogP contribution in [0.2, 0.25) is 0 Å². The molecule has 2 aliphatic rings. The van der Waals surface area contributed by atoms with E-state index in [0.717, 1.165) is 31.3 Å². The lowest BCUT2D eigenvalue weighted by molar-refractivity contribution is -0.120. The van der Waals surface area contributed by atoms with Gasteiger partial charge >= 0.3 is 0 Å². The Hall–Kier alpha value is -1.31. The van der Waals surface area contributed by atoms with Crippen molar-refractivity contribution < 1.29 is 9.53 Å². The summed E-state index contributed by atoms with van der Waals surface area (Å²) in [6.07, 6.45) is 4.13. The van der Waals surface area contributed by atoms with Crippen LogP contribution in [0.15, 0.2) is 24.3 Å². The number of rotatable bonds is 1. The molecule has 1 aromatic carbocycles. The van der Waals surface area contributed by atoms with Crippen molar-refractivity contribution in [2.45, 2.75) is 38.7 Å². The van der Waals surface area contributed by atoms with Gasteiger partial charge in [-0.05, 0) is 43.7 Å². The smallest absolute Gasteiger partial charge is 0.123 e. The Morgan fingerprint density at radius 2 is 2.17 bits per heavy atom. The van der Waals surface area contributed by atoms with Crippen LogP contribution in [0.3, 0.4) is 0 Å². The van der Waals surface area contributed by atoms with Gasteiger partial charge in [0.2, 0.25) is 0 Å². The maximum atomic E-state index is 11.2. The standard InChI is InChI=1S/C16H20O2/c1-11-13(10-17)7-8-16(2)14(11)9-12-5-3-4-6-15(12)18-16/h3-6,10-11,13-14H,7-9H2,1-2H3/t11-,13+,14-,16-/m1/s1. The van der Waals surface area contributed by atoms with E-state index in [4.69, 9.17) is 4.74 Å². The van der Waals surface area contributed by atoms with Crippen molar-refractivity contribution in [3.05, 3.63) is 29.8 Å². The van der Waals surface area contributed by atoms with Crippen LogP contribution in [0, 0.1) is 17.8 Å². The highest BCUT2D eigenvalue weighted by Crippen LogP contribution is 2.48. The van der Waals surface area contributed by atoms with Gasteiger partial charge in [-0.15, -0.1) is 0 Å². The Bertz CT molecular complexity index is 468. The SMILES string of the molecule is C[C@@H]1[C@H](C=O)CC[C@@]2(C)Oc3ccccc3C[C@H]12. The van der Waals surface area contributed by atoms with Crippen LogP contribution in [0.4, 0.5) is 0 Å². The average Bonchev–Trinajstić information content (AvgIpc) is 2.37. The molecule has 2 heteroatoms. The Morgan fingerprint density at radius 1 is 1.39 bits per heavy atom. The summed E-state index contributed by atoms with van der Waals surface area (Å²) < 4.78 is 6.27. The number of carbonyl (C=O) groups excluding carboxylic acids is 1.